The molecule has 0 amide bonds. The van der Waals surface area contributed by atoms with Crippen LogP contribution in [0.4, 0.5) is 0 Å². The zero-order valence-electron chi connectivity index (χ0n) is 8.84. The lowest BCUT2D eigenvalue weighted by molar-refractivity contribution is 1.27. The van der Waals surface area contributed by atoms with Gasteiger partial charge in [0.25, 0.3) is 0 Å². The summed E-state index contributed by atoms with van der Waals surface area (Å²) < 4.78 is 0. The molecule has 0 radical (unpaired) electrons. The molecule has 2 nitrogen and oxygen atoms in total. The SMILES string of the molecule is Cc1csc(-c2ccc3ncccc3c2)n1. The van der Waals surface area contributed by atoms with Gasteiger partial charge in [-0.3, -0.25) is 4.98 Å². The van der Waals surface area contributed by atoms with Crippen LogP contribution in [0.15, 0.2) is 41.9 Å². The minimum atomic E-state index is 1.03. The summed E-state index contributed by atoms with van der Waals surface area (Å²) in [7, 11) is 0. The van der Waals surface area contributed by atoms with Crippen LogP contribution in [0.25, 0.3) is 21.5 Å². The third kappa shape index (κ3) is 1.59. The molecule has 0 aliphatic heterocycles. The standard InChI is InChI=1S/C13H10N2S/c1-9-8-16-13(15-9)11-4-5-12-10(7-11)3-2-6-14-12/h2-8H,1H3. The van der Waals surface area contributed by atoms with Crippen molar-refractivity contribution in [3.63, 3.8) is 0 Å². The van der Waals surface area contributed by atoms with E-state index in [1.54, 1.807) is 11.3 Å². The highest BCUT2D eigenvalue weighted by Crippen LogP contribution is 2.26. The van der Waals surface area contributed by atoms with Gasteiger partial charge in [-0.2, -0.15) is 0 Å². The molecular weight excluding hydrogens is 216 g/mol. The maximum Gasteiger partial charge on any atom is 0.123 e. The van der Waals surface area contributed by atoms with Crippen molar-refractivity contribution in [2.45, 2.75) is 6.92 Å². The van der Waals surface area contributed by atoms with E-state index in [-0.39, 0.29) is 0 Å². The van der Waals surface area contributed by atoms with Gasteiger partial charge in [0.05, 0.1) is 5.52 Å². The highest BCUT2D eigenvalue weighted by molar-refractivity contribution is 7.13. The summed E-state index contributed by atoms with van der Waals surface area (Å²) in [5, 5.41) is 4.30. The van der Waals surface area contributed by atoms with E-state index in [0.29, 0.717) is 0 Å². The number of hydrogen-bond acceptors (Lipinski definition) is 3. The lowest BCUT2D eigenvalue weighted by Crippen LogP contribution is -1.80. The van der Waals surface area contributed by atoms with E-state index in [2.05, 4.69) is 33.5 Å². The summed E-state index contributed by atoms with van der Waals surface area (Å²) in [6.07, 6.45) is 1.82. The molecule has 0 aliphatic carbocycles. The Hall–Kier alpha value is -1.74. The van der Waals surface area contributed by atoms with Crippen LogP contribution in [0.1, 0.15) is 5.69 Å². The summed E-state index contributed by atoms with van der Waals surface area (Å²) in [6, 6.07) is 10.3. The van der Waals surface area contributed by atoms with Crippen LogP contribution in [0, 0.1) is 6.92 Å². The van der Waals surface area contributed by atoms with Crippen molar-refractivity contribution in [3.8, 4) is 10.6 Å². The normalized spacial score (nSPS) is 10.8. The maximum atomic E-state index is 4.49. The molecule has 2 aromatic heterocycles. The summed E-state index contributed by atoms with van der Waals surface area (Å²) in [5.74, 6) is 0. The third-order valence-electron chi connectivity index (χ3n) is 2.47. The third-order valence-corrected chi connectivity index (χ3v) is 3.48. The molecule has 0 spiro atoms. The molecule has 3 aromatic rings. The number of aromatic nitrogens is 2. The molecule has 3 rings (SSSR count). The van der Waals surface area contributed by atoms with Gasteiger partial charge in [-0.15, -0.1) is 11.3 Å². The van der Waals surface area contributed by atoms with E-state index in [4.69, 9.17) is 0 Å². The van der Waals surface area contributed by atoms with Gasteiger partial charge < -0.3 is 0 Å². The number of fused-ring (bicyclic) bond motifs is 1. The largest absolute Gasteiger partial charge is 0.256 e. The molecule has 0 saturated carbocycles. The second-order valence-corrected chi connectivity index (χ2v) is 4.56. The van der Waals surface area contributed by atoms with Gasteiger partial charge in [0, 0.05) is 28.2 Å². The molecule has 0 unspecified atom stereocenters. The second kappa shape index (κ2) is 3.68. The fourth-order valence-electron chi connectivity index (χ4n) is 1.70. The molecule has 0 bridgehead atoms. The monoisotopic (exact) mass is 226 g/mol. The van der Waals surface area contributed by atoms with E-state index in [1.807, 2.05) is 25.3 Å². The second-order valence-electron chi connectivity index (χ2n) is 3.70. The van der Waals surface area contributed by atoms with Crippen LogP contribution in [0.2, 0.25) is 0 Å². The highest BCUT2D eigenvalue weighted by Gasteiger charge is 2.03. The zero-order chi connectivity index (χ0) is 11.0. The number of thiazole rings is 1. The molecule has 0 atom stereocenters. The van der Waals surface area contributed by atoms with Crippen LogP contribution in [0.5, 0.6) is 0 Å². The van der Waals surface area contributed by atoms with Crippen molar-refractivity contribution >= 4 is 22.2 Å². The van der Waals surface area contributed by atoms with Crippen molar-refractivity contribution in [2.24, 2.45) is 0 Å². The molecule has 0 fully saturated rings. The lowest BCUT2D eigenvalue weighted by Gasteiger charge is -1.99. The maximum absolute atomic E-state index is 4.49. The molecule has 3 heteroatoms. The summed E-state index contributed by atoms with van der Waals surface area (Å²) >= 11 is 1.68. The van der Waals surface area contributed by atoms with E-state index < -0.39 is 0 Å². The topological polar surface area (TPSA) is 25.8 Å². The Morgan fingerprint density at radius 3 is 2.94 bits per heavy atom. The predicted molar refractivity (Wildman–Crippen MR) is 67.6 cm³/mol. The number of pyridine rings is 1. The fourth-order valence-corrected chi connectivity index (χ4v) is 2.49. The number of aryl methyl sites for hydroxylation is 1. The minimum absolute atomic E-state index is 1.03. The number of hydrogen-bond donors (Lipinski definition) is 0. The lowest BCUT2D eigenvalue weighted by atomic mass is 10.1. The van der Waals surface area contributed by atoms with Gasteiger partial charge in [0.1, 0.15) is 5.01 Å². The van der Waals surface area contributed by atoms with Gasteiger partial charge in [-0.25, -0.2) is 4.98 Å². The average molecular weight is 226 g/mol. The van der Waals surface area contributed by atoms with Crippen LogP contribution >= 0.6 is 11.3 Å². The number of rotatable bonds is 1. The Morgan fingerprint density at radius 2 is 2.12 bits per heavy atom. The van der Waals surface area contributed by atoms with E-state index >= 15 is 0 Å². The summed E-state index contributed by atoms with van der Waals surface area (Å²) in [6.45, 7) is 2.02. The van der Waals surface area contributed by atoms with Crippen LogP contribution in [-0.2, 0) is 0 Å². The van der Waals surface area contributed by atoms with Crippen LogP contribution < -0.4 is 0 Å². The first-order valence-corrected chi connectivity index (χ1v) is 5.98. The van der Waals surface area contributed by atoms with Crippen molar-refractivity contribution in [3.05, 3.63) is 47.6 Å². The van der Waals surface area contributed by atoms with E-state index in [0.717, 1.165) is 21.6 Å². The molecule has 2 heterocycles. The molecule has 78 valence electrons. The van der Waals surface area contributed by atoms with Crippen LogP contribution in [-0.4, -0.2) is 9.97 Å². The Balaban J connectivity index is 2.18. The summed E-state index contributed by atoms with van der Waals surface area (Å²) in [5.41, 5.74) is 3.27. The summed E-state index contributed by atoms with van der Waals surface area (Å²) in [4.78, 5) is 8.79. The van der Waals surface area contributed by atoms with Crippen molar-refractivity contribution in [1.82, 2.24) is 9.97 Å². The molecule has 0 N–H and O–H groups in total. The zero-order valence-corrected chi connectivity index (χ0v) is 9.66. The van der Waals surface area contributed by atoms with Gasteiger partial charge in [-0.05, 0) is 31.2 Å². The van der Waals surface area contributed by atoms with Crippen molar-refractivity contribution < 1.29 is 0 Å². The first-order valence-electron chi connectivity index (χ1n) is 5.10. The average Bonchev–Trinajstić information content (AvgIpc) is 2.75. The van der Waals surface area contributed by atoms with Gasteiger partial charge >= 0.3 is 0 Å². The molecule has 1 aromatic carbocycles. The molecule has 0 aliphatic rings. The number of benzene rings is 1. The Bertz CT molecular complexity index is 643. The van der Waals surface area contributed by atoms with E-state index in [9.17, 15) is 0 Å². The van der Waals surface area contributed by atoms with E-state index in [1.165, 1.54) is 5.56 Å². The van der Waals surface area contributed by atoms with Crippen LogP contribution in [0.3, 0.4) is 0 Å². The van der Waals surface area contributed by atoms with Gasteiger partial charge in [0.15, 0.2) is 0 Å². The highest BCUT2D eigenvalue weighted by atomic mass is 32.1. The number of nitrogens with zero attached hydrogens (tertiary/aromatic N) is 2. The molecule has 16 heavy (non-hydrogen) atoms. The van der Waals surface area contributed by atoms with Crippen molar-refractivity contribution in [2.75, 3.05) is 0 Å². The predicted octanol–water partition coefficient (Wildman–Crippen LogP) is 3.67. The minimum Gasteiger partial charge on any atom is -0.256 e. The Morgan fingerprint density at radius 1 is 1.19 bits per heavy atom. The first-order chi connectivity index (χ1) is 7.83. The Labute approximate surface area is 97.6 Å². The quantitative estimate of drug-likeness (QED) is 0.632. The first kappa shape index (κ1) is 9.48. The van der Waals surface area contributed by atoms with Crippen molar-refractivity contribution in [1.29, 1.82) is 0 Å². The van der Waals surface area contributed by atoms with Gasteiger partial charge in [-0.1, -0.05) is 6.07 Å². The Kier molecular flexibility index (Phi) is 2.18. The molecular formula is C13H10N2S. The van der Waals surface area contributed by atoms with Gasteiger partial charge in [0.2, 0.25) is 0 Å². The fraction of sp³-hybridized carbons (Fsp3) is 0.0769. The smallest absolute Gasteiger partial charge is 0.123 e. The molecule has 0 saturated heterocycles.